The molecule has 4 aromatic carbocycles. The van der Waals surface area contributed by atoms with E-state index in [-0.39, 0.29) is 34.4 Å². The molecule has 2 N–H and O–H groups in total. The van der Waals surface area contributed by atoms with Crippen molar-refractivity contribution in [1.29, 1.82) is 0 Å². The number of carbonyl (C=O) groups is 2. The molecule has 0 saturated heterocycles. The van der Waals surface area contributed by atoms with E-state index in [1.165, 1.54) is 0 Å². The highest BCUT2D eigenvalue weighted by atomic mass is 16.5. The second-order valence-corrected chi connectivity index (χ2v) is 7.96. The summed E-state index contributed by atoms with van der Waals surface area (Å²) < 4.78 is 6.07. The highest BCUT2D eigenvalue weighted by Crippen LogP contribution is 2.50. The Kier molecular flexibility index (Phi) is 3.77. The maximum Gasteiger partial charge on any atom is 0.229 e. The van der Waals surface area contributed by atoms with Crippen LogP contribution in [0, 0.1) is 0 Å². The Balaban J connectivity index is 1.71. The lowest BCUT2D eigenvalue weighted by Gasteiger charge is -2.33. The molecular weight excluding hydrogens is 404 g/mol. The van der Waals surface area contributed by atoms with Crippen LogP contribution in [0.15, 0.2) is 90.2 Å². The molecule has 4 aromatic rings. The number of carbonyl (C=O) groups excluding carboxylic acids is 2. The third-order valence-corrected chi connectivity index (χ3v) is 6.11. The van der Waals surface area contributed by atoms with Gasteiger partial charge in [0.15, 0.2) is 11.5 Å². The normalized spacial score (nSPS) is 16.9. The molecule has 0 fully saturated rings. The van der Waals surface area contributed by atoms with Crippen molar-refractivity contribution in [2.45, 2.75) is 5.92 Å². The van der Waals surface area contributed by atoms with E-state index in [2.05, 4.69) is 0 Å². The number of hydrogen-bond acceptors (Lipinski definition) is 5. The second-order valence-electron chi connectivity index (χ2n) is 7.96. The minimum absolute atomic E-state index is 0.00838. The first-order chi connectivity index (χ1) is 15.5. The predicted molar refractivity (Wildman–Crippen MR) is 118 cm³/mol. The Morgan fingerprint density at radius 1 is 0.719 bits per heavy atom. The van der Waals surface area contributed by atoms with Crippen LogP contribution < -0.4 is 4.74 Å². The molecule has 1 heterocycles. The topological polar surface area (TPSA) is 83.8 Å². The Morgan fingerprint density at radius 3 is 2.22 bits per heavy atom. The maximum atomic E-state index is 13.7. The van der Waals surface area contributed by atoms with Crippen molar-refractivity contribution in [2.24, 2.45) is 0 Å². The van der Waals surface area contributed by atoms with E-state index < -0.39 is 5.92 Å². The highest BCUT2D eigenvalue weighted by molar-refractivity contribution is 6.27. The van der Waals surface area contributed by atoms with E-state index in [0.29, 0.717) is 33.4 Å². The van der Waals surface area contributed by atoms with Gasteiger partial charge in [-0.3, -0.25) is 9.59 Å². The summed E-state index contributed by atoms with van der Waals surface area (Å²) in [4.78, 5) is 27.0. The molecule has 0 aromatic heterocycles. The van der Waals surface area contributed by atoms with Crippen LogP contribution >= 0.6 is 0 Å². The quantitative estimate of drug-likeness (QED) is 0.447. The van der Waals surface area contributed by atoms with Crippen LogP contribution in [0.1, 0.15) is 37.8 Å². The van der Waals surface area contributed by atoms with Gasteiger partial charge in [0, 0.05) is 22.6 Å². The fourth-order valence-corrected chi connectivity index (χ4v) is 4.73. The molecule has 32 heavy (non-hydrogen) atoms. The molecule has 1 aliphatic carbocycles. The number of phenols is 2. The van der Waals surface area contributed by atoms with E-state index in [1.807, 2.05) is 12.1 Å². The van der Waals surface area contributed by atoms with Gasteiger partial charge in [0.05, 0.1) is 5.57 Å². The van der Waals surface area contributed by atoms with Gasteiger partial charge in [-0.15, -0.1) is 0 Å². The summed E-state index contributed by atoms with van der Waals surface area (Å²) in [6.07, 6.45) is 0. The zero-order valence-corrected chi connectivity index (χ0v) is 16.7. The first-order valence-corrected chi connectivity index (χ1v) is 10.2. The summed E-state index contributed by atoms with van der Waals surface area (Å²) in [5.74, 6) is -0.707. The van der Waals surface area contributed by atoms with Crippen LogP contribution in [-0.2, 0) is 0 Å². The zero-order valence-electron chi connectivity index (χ0n) is 16.7. The fourth-order valence-electron chi connectivity index (χ4n) is 4.73. The molecule has 5 nitrogen and oxygen atoms in total. The molecule has 0 saturated carbocycles. The van der Waals surface area contributed by atoms with Crippen LogP contribution in [0.3, 0.4) is 0 Å². The van der Waals surface area contributed by atoms with Gasteiger partial charge in [-0.25, -0.2) is 0 Å². The number of benzene rings is 4. The minimum Gasteiger partial charge on any atom is -0.508 e. The standard InChI is InChI=1S/C27H16O5/c28-16-5-3-4-15(12-16)22-23-20-13-17(29)10-8-14(20)9-11-21(23)32-27-24(22)25(30)18-6-1-2-7-19(18)26(27)31/h1-13,22,28-29H. The van der Waals surface area contributed by atoms with Gasteiger partial charge >= 0.3 is 0 Å². The Bertz CT molecular complexity index is 1510. The summed E-state index contributed by atoms with van der Waals surface area (Å²) in [7, 11) is 0. The largest absolute Gasteiger partial charge is 0.508 e. The van der Waals surface area contributed by atoms with Crippen LogP contribution in [0.5, 0.6) is 17.2 Å². The summed E-state index contributed by atoms with van der Waals surface area (Å²) in [5.41, 5.74) is 2.20. The lowest BCUT2D eigenvalue weighted by atomic mass is 9.74. The predicted octanol–water partition coefficient (Wildman–Crippen LogP) is 5.11. The first-order valence-electron chi connectivity index (χ1n) is 10.2. The van der Waals surface area contributed by atoms with Crippen LogP contribution in [0.2, 0.25) is 0 Å². The number of aromatic hydroxyl groups is 2. The molecule has 0 amide bonds. The van der Waals surface area contributed by atoms with Crippen molar-refractivity contribution in [1.82, 2.24) is 0 Å². The summed E-state index contributed by atoms with van der Waals surface area (Å²) in [6.45, 7) is 0. The number of Topliss-reactive ketones (excluding diaryl/α,β-unsaturated/α-hetero) is 2. The molecule has 0 spiro atoms. The van der Waals surface area contributed by atoms with Gasteiger partial charge in [0.25, 0.3) is 0 Å². The van der Waals surface area contributed by atoms with Crippen molar-refractivity contribution in [3.05, 3.63) is 112 Å². The van der Waals surface area contributed by atoms with Crippen LogP contribution in [0.4, 0.5) is 0 Å². The monoisotopic (exact) mass is 420 g/mol. The van der Waals surface area contributed by atoms with E-state index >= 15 is 0 Å². The van der Waals surface area contributed by atoms with Gasteiger partial charge in [-0.05, 0) is 46.7 Å². The van der Waals surface area contributed by atoms with Gasteiger partial charge in [0.2, 0.25) is 5.78 Å². The van der Waals surface area contributed by atoms with Crippen LogP contribution in [0.25, 0.3) is 10.8 Å². The van der Waals surface area contributed by atoms with Gasteiger partial charge in [-0.2, -0.15) is 0 Å². The molecule has 5 heteroatoms. The number of fused-ring (bicyclic) bond motifs is 4. The van der Waals surface area contributed by atoms with Crippen LogP contribution in [-0.4, -0.2) is 21.8 Å². The second kappa shape index (κ2) is 6.56. The summed E-state index contributed by atoms with van der Waals surface area (Å²) >= 11 is 0. The molecule has 6 rings (SSSR count). The molecule has 0 bridgehead atoms. The van der Waals surface area contributed by atoms with E-state index in [9.17, 15) is 19.8 Å². The number of phenolic OH excluding ortho intramolecular Hbond substituents is 2. The fraction of sp³-hybridized carbons (Fsp3) is 0.0370. The molecule has 2 aliphatic rings. The molecule has 1 atom stereocenters. The van der Waals surface area contributed by atoms with Crippen molar-refractivity contribution in [3.63, 3.8) is 0 Å². The van der Waals surface area contributed by atoms with E-state index in [0.717, 1.165) is 5.39 Å². The molecule has 1 aliphatic heterocycles. The minimum atomic E-state index is -0.656. The lowest BCUT2D eigenvalue weighted by molar-refractivity contribution is 0.0927. The molecular formula is C27H16O5. The van der Waals surface area contributed by atoms with Crippen molar-refractivity contribution >= 4 is 22.3 Å². The number of ketones is 2. The molecule has 0 radical (unpaired) electrons. The number of ether oxygens (including phenoxy) is 1. The zero-order chi connectivity index (χ0) is 22.0. The third-order valence-electron chi connectivity index (χ3n) is 6.11. The van der Waals surface area contributed by atoms with E-state index in [4.69, 9.17) is 4.74 Å². The van der Waals surface area contributed by atoms with Gasteiger partial charge < -0.3 is 14.9 Å². The Morgan fingerprint density at radius 2 is 1.44 bits per heavy atom. The summed E-state index contributed by atoms with van der Waals surface area (Å²) in [5, 5.41) is 21.9. The third kappa shape index (κ3) is 2.51. The average molecular weight is 420 g/mol. The first kappa shape index (κ1) is 18.4. The van der Waals surface area contributed by atoms with Crippen molar-refractivity contribution < 1.29 is 24.5 Å². The SMILES string of the molecule is O=C1C2=C(C(=O)c3ccccc31)C(c1cccc(O)c1)c1c(ccc3ccc(O)cc13)O2. The number of hydrogen-bond donors (Lipinski definition) is 2. The number of allylic oxidation sites excluding steroid dienone is 2. The molecule has 1 unspecified atom stereocenters. The maximum absolute atomic E-state index is 13.7. The Labute approximate surface area is 182 Å². The van der Waals surface area contributed by atoms with E-state index in [1.54, 1.807) is 66.7 Å². The lowest BCUT2D eigenvalue weighted by Crippen LogP contribution is -2.31. The highest BCUT2D eigenvalue weighted by Gasteiger charge is 2.43. The Hall–Kier alpha value is -4.38. The molecule has 154 valence electrons. The summed E-state index contributed by atoms with van der Waals surface area (Å²) in [6, 6.07) is 22.0. The van der Waals surface area contributed by atoms with Crippen molar-refractivity contribution in [2.75, 3.05) is 0 Å². The van der Waals surface area contributed by atoms with Crippen molar-refractivity contribution in [3.8, 4) is 17.2 Å². The average Bonchev–Trinajstić information content (AvgIpc) is 2.81. The van der Waals surface area contributed by atoms with Gasteiger partial charge in [-0.1, -0.05) is 48.5 Å². The smallest absolute Gasteiger partial charge is 0.229 e. The number of rotatable bonds is 1. The van der Waals surface area contributed by atoms with Gasteiger partial charge in [0.1, 0.15) is 17.2 Å².